The number of halogens is 1. The first-order valence-corrected chi connectivity index (χ1v) is 12.5. The van der Waals surface area contributed by atoms with Crippen LogP contribution in [0.5, 0.6) is 0 Å². The zero-order valence-electron chi connectivity index (χ0n) is 19.4. The van der Waals surface area contributed by atoms with E-state index in [-0.39, 0.29) is 24.3 Å². The van der Waals surface area contributed by atoms with Crippen LogP contribution in [0.15, 0.2) is 66.0 Å². The summed E-state index contributed by atoms with van der Waals surface area (Å²) in [6, 6.07) is 16.8. The molecule has 7 nitrogen and oxygen atoms in total. The van der Waals surface area contributed by atoms with Gasteiger partial charge in [0.2, 0.25) is 5.91 Å². The summed E-state index contributed by atoms with van der Waals surface area (Å²) in [4.78, 5) is 40.7. The number of amides is 3. The van der Waals surface area contributed by atoms with E-state index < -0.39 is 18.2 Å². The summed E-state index contributed by atoms with van der Waals surface area (Å²) in [5.74, 6) is -0.286. The van der Waals surface area contributed by atoms with Gasteiger partial charge in [0.15, 0.2) is 12.1 Å². The van der Waals surface area contributed by atoms with Gasteiger partial charge in [-0.3, -0.25) is 14.5 Å². The highest BCUT2D eigenvalue weighted by Gasteiger charge is 2.47. The monoisotopic (exact) mass is 511 g/mol. The maximum Gasteiger partial charge on any atom is 0.411 e. The number of benzene rings is 2. The minimum atomic E-state index is -0.886. The number of anilines is 1. The first kappa shape index (κ1) is 24.8. The summed E-state index contributed by atoms with van der Waals surface area (Å²) >= 11 is 7.47. The minimum Gasteiger partial charge on any atom is -0.438 e. The van der Waals surface area contributed by atoms with Crippen LogP contribution in [-0.4, -0.2) is 35.4 Å². The molecule has 0 radical (unpaired) electrons. The van der Waals surface area contributed by atoms with Gasteiger partial charge in [0.05, 0.1) is 11.4 Å². The number of thiophene rings is 1. The van der Waals surface area contributed by atoms with E-state index >= 15 is 0 Å². The molecule has 0 spiro atoms. The Morgan fingerprint density at radius 1 is 1.11 bits per heavy atom. The second-order valence-corrected chi connectivity index (χ2v) is 10.1. The van der Waals surface area contributed by atoms with Crippen LogP contribution >= 0.6 is 22.9 Å². The maximum absolute atomic E-state index is 13.3. The van der Waals surface area contributed by atoms with Crippen LogP contribution in [0.25, 0.3) is 0 Å². The lowest BCUT2D eigenvalue weighted by molar-refractivity contribution is -0.126. The number of hydrogen-bond acceptors (Lipinski definition) is 5. The van der Waals surface area contributed by atoms with Crippen molar-refractivity contribution >= 4 is 46.5 Å². The van der Waals surface area contributed by atoms with E-state index in [0.29, 0.717) is 27.7 Å². The third-order valence-corrected chi connectivity index (χ3v) is 6.60. The molecule has 1 aliphatic heterocycles. The molecule has 2 aromatic carbocycles. The van der Waals surface area contributed by atoms with Gasteiger partial charge in [-0.05, 0) is 52.8 Å². The number of carbonyl (C=O) groups is 3. The topological polar surface area (TPSA) is 87.7 Å². The molecule has 1 aromatic heterocycles. The maximum atomic E-state index is 13.3. The molecule has 2 heterocycles. The van der Waals surface area contributed by atoms with Crippen molar-refractivity contribution in [3.05, 3.63) is 87.1 Å². The lowest BCUT2D eigenvalue weighted by Gasteiger charge is -2.25. The van der Waals surface area contributed by atoms with Crippen molar-refractivity contribution < 1.29 is 19.1 Å². The molecule has 2 N–H and O–H groups in total. The average Bonchev–Trinajstić information content (AvgIpc) is 3.47. The fourth-order valence-corrected chi connectivity index (χ4v) is 4.68. The van der Waals surface area contributed by atoms with Crippen LogP contribution in [0.1, 0.15) is 40.8 Å². The molecule has 1 aliphatic rings. The van der Waals surface area contributed by atoms with Gasteiger partial charge < -0.3 is 15.4 Å². The van der Waals surface area contributed by atoms with Crippen LogP contribution in [-0.2, 0) is 16.1 Å². The summed E-state index contributed by atoms with van der Waals surface area (Å²) in [7, 11) is 0. The summed E-state index contributed by atoms with van der Waals surface area (Å²) in [5, 5.41) is 8.17. The van der Waals surface area contributed by atoms with Gasteiger partial charge in [0, 0.05) is 17.3 Å². The molecule has 1 fully saturated rings. The number of carbonyl (C=O) groups excluding carboxylic acids is 3. The molecule has 3 amide bonds. The van der Waals surface area contributed by atoms with Crippen LogP contribution in [0.3, 0.4) is 0 Å². The smallest absolute Gasteiger partial charge is 0.411 e. The van der Waals surface area contributed by atoms with Crippen molar-refractivity contribution in [2.75, 3.05) is 11.9 Å². The summed E-state index contributed by atoms with van der Waals surface area (Å²) in [6.45, 7) is 4.64. The Morgan fingerprint density at radius 3 is 2.63 bits per heavy atom. The predicted molar refractivity (Wildman–Crippen MR) is 137 cm³/mol. The third-order valence-electron chi connectivity index (χ3n) is 5.50. The van der Waals surface area contributed by atoms with Gasteiger partial charge in [-0.25, -0.2) is 4.79 Å². The number of cyclic esters (lactones) is 1. The van der Waals surface area contributed by atoms with Crippen molar-refractivity contribution in [1.29, 1.82) is 0 Å². The number of hydrogen-bond donors (Lipinski definition) is 2. The Balaban J connectivity index is 1.61. The normalized spacial score (nSPS) is 17.4. The first-order valence-electron chi connectivity index (χ1n) is 11.3. The molecule has 0 saturated carbocycles. The fraction of sp³-hybridized carbons (Fsp3) is 0.269. The average molecular weight is 512 g/mol. The zero-order chi connectivity index (χ0) is 24.9. The quantitative estimate of drug-likeness (QED) is 0.418. The van der Waals surface area contributed by atoms with E-state index in [1.807, 2.05) is 31.4 Å². The lowest BCUT2D eigenvalue weighted by atomic mass is 10.00. The Bertz CT molecular complexity index is 1210. The summed E-state index contributed by atoms with van der Waals surface area (Å²) in [5.41, 5.74) is 1.95. The molecule has 35 heavy (non-hydrogen) atoms. The van der Waals surface area contributed by atoms with Crippen molar-refractivity contribution in [2.24, 2.45) is 5.92 Å². The Labute approximate surface area is 213 Å². The highest BCUT2D eigenvalue weighted by molar-refractivity contribution is 7.12. The van der Waals surface area contributed by atoms with Crippen molar-refractivity contribution in [1.82, 2.24) is 10.2 Å². The van der Waals surface area contributed by atoms with Gasteiger partial charge in [0.1, 0.15) is 0 Å². The molecular formula is C26H26ClN3O4S. The van der Waals surface area contributed by atoms with Crippen molar-refractivity contribution in [3.8, 4) is 0 Å². The Morgan fingerprint density at radius 2 is 1.91 bits per heavy atom. The van der Waals surface area contributed by atoms with Crippen LogP contribution in [0.4, 0.5) is 10.5 Å². The molecular weight excluding hydrogens is 486 g/mol. The van der Waals surface area contributed by atoms with Crippen LogP contribution in [0, 0.1) is 5.92 Å². The standard InChI is InChI=1S/C26H26ClN3O4S/c1-16(2)14-28-25(32)22-23(34-26(33)30(22)15-17-6-3-8-19(27)12-17)18-7-4-9-20(13-18)29-24(31)21-10-5-11-35-21/h3-13,16,22-23H,14-15H2,1-2H3,(H,28,32)(H,29,31)/t22-,23-/m1/s1. The number of ether oxygens (including phenoxy) is 1. The molecule has 182 valence electrons. The van der Waals surface area contributed by atoms with Crippen molar-refractivity contribution in [3.63, 3.8) is 0 Å². The fourth-order valence-electron chi connectivity index (χ4n) is 3.85. The first-order chi connectivity index (χ1) is 16.8. The van der Waals surface area contributed by atoms with E-state index in [9.17, 15) is 14.4 Å². The molecule has 0 aliphatic carbocycles. The second kappa shape index (κ2) is 10.9. The number of nitrogens with zero attached hydrogens (tertiary/aromatic N) is 1. The SMILES string of the molecule is CC(C)CNC(=O)[C@H]1[C@@H](c2cccc(NC(=O)c3cccs3)c2)OC(=O)N1Cc1cccc(Cl)c1. The molecule has 2 atom stereocenters. The van der Waals surface area contributed by atoms with E-state index in [0.717, 1.165) is 5.56 Å². The van der Waals surface area contributed by atoms with E-state index in [2.05, 4.69) is 10.6 Å². The van der Waals surface area contributed by atoms with E-state index in [4.69, 9.17) is 16.3 Å². The van der Waals surface area contributed by atoms with Gasteiger partial charge in [0.25, 0.3) is 5.91 Å². The van der Waals surface area contributed by atoms with E-state index in [1.54, 1.807) is 48.5 Å². The van der Waals surface area contributed by atoms with Crippen LogP contribution in [0.2, 0.25) is 5.02 Å². The summed E-state index contributed by atoms with van der Waals surface area (Å²) < 4.78 is 5.72. The molecule has 0 bridgehead atoms. The molecule has 4 rings (SSSR count). The van der Waals surface area contributed by atoms with Crippen molar-refractivity contribution in [2.45, 2.75) is 32.5 Å². The lowest BCUT2D eigenvalue weighted by Crippen LogP contribution is -2.47. The molecule has 1 saturated heterocycles. The van der Waals surface area contributed by atoms with Gasteiger partial charge >= 0.3 is 6.09 Å². The number of nitrogens with one attached hydrogen (secondary N) is 2. The second-order valence-electron chi connectivity index (χ2n) is 8.70. The largest absolute Gasteiger partial charge is 0.438 e. The van der Waals surface area contributed by atoms with Gasteiger partial charge in [-0.2, -0.15) is 0 Å². The number of rotatable bonds is 8. The predicted octanol–water partition coefficient (Wildman–Crippen LogP) is 5.49. The molecule has 0 unspecified atom stereocenters. The molecule has 3 aromatic rings. The summed E-state index contributed by atoms with van der Waals surface area (Å²) in [6.07, 6.45) is -1.43. The molecule has 9 heteroatoms. The highest BCUT2D eigenvalue weighted by atomic mass is 35.5. The van der Waals surface area contributed by atoms with Gasteiger partial charge in [-0.1, -0.05) is 55.8 Å². The van der Waals surface area contributed by atoms with E-state index in [1.165, 1.54) is 16.2 Å². The minimum absolute atomic E-state index is 0.171. The Kier molecular flexibility index (Phi) is 7.73. The van der Waals surface area contributed by atoms with Gasteiger partial charge in [-0.15, -0.1) is 11.3 Å². The zero-order valence-corrected chi connectivity index (χ0v) is 20.9. The Hall–Kier alpha value is -3.36. The third kappa shape index (κ3) is 6.01. The highest BCUT2D eigenvalue weighted by Crippen LogP contribution is 2.35. The van der Waals surface area contributed by atoms with Crippen LogP contribution < -0.4 is 10.6 Å².